The van der Waals surface area contributed by atoms with Crippen molar-refractivity contribution in [1.82, 2.24) is 20.4 Å². The Morgan fingerprint density at radius 1 is 1.26 bits per heavy atom. The van der Waals surface area contributed by atoms with E-state index >= 15 is 0 Å². The van der Waals surface area contributed by atoms with E-state index in [4.69, 9.17) is 0 Å². The van der Waals surface area contributed by atoms with Crippen molar-refractivity contribution in [2.24, 2.45) is 0 Å². The van der Waals surface area contributed by atoms with E-state index in [0.717, 1.165) is 26.1 Å². The molecule has 0 spiro atoms. The predicted octanol–water partition coefficient (Wildman–Crippen LogP) is 0.0329. The van der Waals surface area contributed by atoms with Crippen molar-refractivity contribution in [3.63, 3.8) is 0 Å². The number of hydrogen-bond acceptors (Lipinski definition) is 5. The molecule has 1 aromatic heterocycles. The number of urea groups is 1. The van der Waals surface area contributed by atoms with Gasteiger partial charge in [0.15, 0.2) is 0 Å². The molecule has 2 fully saturated rings. The fourth-order valence-corrected chi connectivity index (χ4v) is 3.55. The molecule has 3 heterocycles. The molecule has 1 aromatic rings. The third-order valence-electron chi connectivity index (χ3n) is 4.22. The minimum absolute atomic E-state index is 0.0345. The van der Waals surface area contributed by atoms with Crippen LogP contribution in [0.4, 0.5) is 4.79 Å². The van der Waals surface area contributed by atoms with Gasteiger partial charge in [-0.3, -0.25) is 19.8 Å². The Hall–Kier alpha value is -1.93. The monoisotopic (exact) mass is 336 g/mol. The quantitative estimate of drug-likeness (QED) is 0.744. The number of nitrogens with one attached hydrogen (secondary N) is 2. The maximum atomic E-state index is 12.2. The molecule has 0 aliphatic carbocycles. The molecule has 0 aromatic carbocycles. The zero-order valence-electron chi connectivity index (χ0n) is 12.8. The van der Waals surface area contributed by atoms with Gasteiger partial charge in [0, 0.05) is 37.6 Å². The number of carbonyl (C=O) groups is 3. The van der Waals surface area contributed by atoms with Gasteiger partial charge in [-0.15, -0.1) is 11.3 Å². The van der Waals surface area contributed by atoms with E-state index < -0.39 is 18.0 Å². The summed E-state index contributed by atoms with van der Waals surface area (Å²) >= 11 is 1.77. The van der Waals surface area contributed by atoms with Crippen molar-refractivity contribution in [3.05, 3.63) is 22.4 Å². The van der Waals surface area contributed by atoms with E-state index in [1.807, 2.05) is 0 Å². The van der Waals surface area contributed by atoms with Gasteiger partial charge in [-0.2, -0.15) is 0 Å². The molecule has 4 amide bonds. The van der Waals surface area contributed by atoms with E-state index in [0.29, 0.717) is 13.1 Å². The highest BCUT2D eigenvalue weighted by Gasteiger charge is 2.33. The first kappa shape index (κ1) is 15.9. The zero-order chi connectivity index (χ0) is 16.2. The van der Waals surface area contributed by atoms with Crippen LogP contribution in [-0.4, -0.2) is 66.4 Å². The lowest BCUT2D eigenvalue weighted by molar-refractivity contribution is -0.135. The Labute approximate surface area is 138 Å². The molecular weight excluding hydrogens is 316 g/mol. The minimum Gasteiger partial charge on any atom is -0.340 e. The molecule has 2 aliphatic heterocycles. The second-order valence-corrected chi connectivity index (χ2v) is 6.80. The maximum absolute atomic E-state index is 12.2. The van der Waals surface area contributed by atoms with E-state index in [1.54, 1.807) is 16.2 Å². The lowest BCUT2D eigenvalue weighted by atomic mass is 10.1. The Morgan fingerprint density at radius 3 is 2.65 bits per heavy atom. The van der Waals surface area contributed by atoms with Crippen LogP contribution in [0.2, 0.25) is 0 Å². The van der Waals surface area contributed by atoms with E-state index in [1.165, 1.54) is 4.88 Å². The summed E-state index contributed by atoms with van der Waals surface area (Å²) < 4.78 is 0. The van der Waals surface area contributed by atoms with Crippen LogP contribution in [-0.2, 0) is 16.0 Å². The molecule has 0 bridgehead atoms. The van der Waals surface area contributed by atoms with Gasteiger partial charge < -0.3 is 10.2 Å². The number of piperazine rings is 1. The zero-order valence-corrected chi connectivity index (χ0v) is 13.6. The molecular formula is C15H20N4O3S. The number of nitrogens with zero attached hydrogens (tertiary/aromatic N) is 2. The van der Waals surface area contributed by atoms with Gasteiger partial charge in [0.05, 0.1) is 6.42 Å². The summed E-state index contributed by atoms with van der Waals surface area (Å²) in [6, 6.07) is 2.96. The first-order valence-electron chi connectivity index (χ1n) is 7.75. The summed E-state index contributed by atoms with van der Waals surface area (Å²) in [5.41, 5.74) is 0. The SMILES string of the molecule is O=C1NC(=O)[C@H](CC(=O)N2CCN(CCc3cccs3)CC2)N1. The average molecular weight is 336 g/mol. The first-order valence-corrected chi connectivity index (χ1v) is 8.63. The lowest BCUT2D eigenvalue weighted by Crippen LogP contribution is -2.50. The molecule has 0 unspecified atom stereocenters. The summed E-state index contributed by atoms with van der Waals surface area (Å²) in [4.78, 5) is 40.3. The van der Waals surface area contributed by atoms with Crippen LogP contribution in [0.1, 0.15) is 11.3 Å². The van der Waals surface area contributed by atoms with Crippen molar-refractivity contribution in [3.8, 4) is 0 Å². The topological polar surface area (TPSA) is 81.8 Å². The van der Waals surface area contributed by atoms with Gasteiger partial charge in [0.2, 0.25) is 5.91 Å². The van der Waals surface area contributed by atoms with Crippen LogP contribution in [0.3, 0.4) is 0 Å². The number of carbonyl (C=O) groups excluding carboxylic acids is 3. The summed E-state index contributed by atoms with van der Waals surface area (Å²) in [5, 5.41) is 6.69. The largest absolute Gasteiger partial charge is 0.340 e. The number of hydrogen-bond donors (Lipinski definition) is 2. The highest BCUT2D eigenvalue weighted by molar-refractivity contribution is 7.09. The molecule has 23 heavy (non-hydrogen) atoms. The predicted molar refractivity (Wildman–Crippen MR) is 86.1 cm³/mol. The number of imide groups is 1. The maximum Gasteiger partial charge on any atom is 0.322 e. The first-order chi connectivity index (χ1) is 11.1. The van der Waals surface area contributed by atoms with Gasteiger partial charge >= 0.3 is 6.03 Å². The van der Waals surface area contributed by atoms with Crippen LogP contribution in [0, 0.1) is 0 Å². The smallest absolute Gasteiger partial charge is 0.322 e. The van der Waals surface area contributed by atoms with Gasteiger partial charge in [-0.1, -0.05) is 6.07 Å². The number of rotatable bonds is 5. The van der Waals surface area contributed by atoms with Gasteiger partial charge in [-0.05, 0) is 17.9 Å². The lowest BCUT2D eigenvalue weighted by Gasteiger charge is -2.35. The number of thiophene rings is 1. The minimum atomic E-state index is -0.730. The molecule has 2 N–H and O–H groups in total. The summed E-state index contributed by atoms with van der Waals surface area (Å²) in [7, 11) is 0. The summed E-state index contributed by atoms with van der Waals surface area (Å²) in [6.07, 6.45) is 1.08. The van der Waals surface area contributed by atoms with Crippen LogP contribution < -0.4 is 10.6 Å². The highest BCUT2D eigenvalue weighted by atomic mass is 32.1. The van der Waals surface area contributed by atoms with Crippen molar-refractivity contribution in [2.75, 3.05) is 32.7 Å². The van der Waals surface area contributed by atoms with Crippen molar-refractivity contribution >= 4 is 29.2 Å². The summed E-state index contributed by atoms with van der Waals surface area (Å²) in [6.45, 7) is 4.04. The fourth-order valence-electron chi connectivity index (χ4n) is 2.85. The van der Waals surface area contributed by atoms with Gasteiger partial charge in [0.25, 0.3) is 5.91 Å². The summed E-state index contributed by atoms with van der Waals surface area (Å²) in [5.74, 6) is -0.497. The van der Waals surface area contributed by atoms with Crippen molar-refractivity contribution in [1.29, 1.82) is 0 Å². The molecule has 0 radical (unpaired) electrons. The molecule has 0 saturated carbocycles. The Morgan fingerprint density at radius 2 is 2.04 bits per heavy atom. The molecule has 2 saturated heterocycles. The molecule has 7 nitrogen and oxygen atoms in total. The fraction of sp³-hybridized carbons (Fsp3) is 0.533. The molecule has 3 rings (SSSR count). The van der Waals surface area contributed by atoms with Crippen LogP contribution in [0.15, 0.2) is 17.5 Å². The normalized spacial score (nSPS) is 22.1. The molecule has 8 heteroatoms. The van der Waals surface area contributed by atoms with Crippen molar-refractivity contribution in [2.45, 2.75) is 18.9 Å². The van der Waals surface area contributed by atoms with Gasteiger partial charge in [-0.25, -0.2) is 4.79 Å². The van der Waals surface area contributed by atoms with Crippen LogP contribution in [0.5, 0.6) is 0 Å². The standard InChI is InChI=1S/C15H20N4O3S/c20-13(10-12-14(21)17-15(22)16-12)19-7-5-18(6-8-19)4-3-11-2-1-9-23-11/h1-2,9,12H,3-8,10H2,(H2,16,17,21,22)/t12-/m0/s1. The second kappa shape index (κ2) is 7.10. The molecule has 1 atom stereocenters. The highest BCUT2D eigenvalue weighted by Crippen LogP contribution is 2.12. The number of amides is 4. The van der Waals surface area contributed by atoms with E-state index in [9.17, 15) is 14.4 Å². The Bertz CT molecular complexity index is 582. The molecule has 124 valence electrons. The Balaban J connectivity index is 1.40. The second-order valence-electron chi connectivity index (χ2n) is 5.77. The average Bonchev–Trinajstić information content (AvgIpc) is 3.16. The third-order valence-corrected chi connectivity index (χ3v) is 5.15. The van der Waals surface area contributed by atoms with Crippen LogP contribution in [0.25, 0.3) is 0 Å². The van der Waals surface area contributed by atoms with Crippen LogP contribution >= 0.6 is 11.3 Å². The third kappa shape index (κ3) is 4.08. The Kier molecular flexibility index (Phi) is 4.92. The van der Waals surface area contributed by atoms with Crippen molar-refractivity contribution < 1.29 is 14.4 Å². The van der Waals surface area contributed by atoms with Gasteiger partial charge in [0.1, 0.15) is 6.04 Å². The van der Waals surface area contributed by atoms with E-state index in [2.05, 4.69) is 33.0 Å². The molecule has 2 aliphatic rings. The van der Waals surface area contributed by atoms with E-state index in [-0.39, 0.29) is 12.3 Å².